The number of carbonyl (C=O) groups excluding carboxylic acids is 2. The van der Waals surface area contributed by atoms with E-state index in [4.69, 9.17) is 9.26 Å². The van der Waals surface area contributed by atoms with Crippen molar-refractivity contribution in [3.05, 3.63) is 78.0 Å². The molecule has 4 aromatic rings. The molecular weight excluding hydrogens is 414 g/mol. The molecule has 0 unspecified atom stereocenters. The molecule has 0 saturated carbocycles. The summed E-state index contributed by atoms with van der Waals surface area (Å²) in [6.45, 7) is -0.358. The van der Waals surface area contributed by atoms with Crippen LogP contribution in [0, 0.1) is 0 Å². The van der Waals surface area contributed by atoms with Crippen LogP contribution in [0.5, 0.6) is 0 Å². The minimum Gasteiger partial charge on any atom is -0.456 e. The van der Waals surface area contributed by atoms with E-state index in [2.05, 4.69) is 15.5 Å². The summed E-state index contributed by atoms with van der Waals surface area (Å²) in [6, 6.07) is 21.2. The van der Waals surface area contributed by atoms with Crippen LogP contribution >= 0.6 is 11.3 Å². The van der Waals surface area contributed by atoms with Gasteiger partial charge in [0.1, 0.15) is 0 Å². The zero-order chi connectivity index (χ0) is 21.5. The number of aromatic nitrogens is 2. The first-order chi connectivity index (χ1) is 15.2. The molecule has 0 atom stereocenters. The number of benzene rings is 2. The van der Waals surface area contributed by atoms with Gasteiger partial charge in [-0.25, -0.2) is 0 Å². The summed E-state index contributed by atoms with van der Waals surface area (Å²) in [6.07, 6.45) is 0.297. The Hall–Kier alpha value is -3.78. The first kappa shape index (κ1) is 20.5. The Morgan fingerprint density at radius 3 is 2.48 bits per heavy atom. The van der Waals surface area contributed by atoms with Crippen LogP contribution in [-0.4, -0.2) is 28.6 Å². The van der Waals surface area contributed by atoms with Crippen LogP contribution < -0.4 is 5.32 Å². The van der Waals surface area contributed by atoms with Crippen molar-refractivity contribution >= 4 is 28.9 Å². The SMILES string of the molecule is O=C(COC(=O)CCc1nc(-c2cccs2)no1)Nc1ccc(-c2ccccc2)cc1. The van der Waals surface area contributed by atoms with Gasteiger partial charge in [-0.05, 0) is 34.7 Å². The number of hydrogen-bond acceptors (Lipinski definition) is 7. The number of amides is 1. The van der Waals surface area contributed by atoms with Gasteiger partial charge in [0.2, 0.25) is 11.7 Å². The summed E-state index contributed by atoms with van der Waals surface area (Å²) in [5.74, 6) is -0.0663. The highest BCUT2D eigenvalue weighted by Gasteiger charge is 2.13. The highest BCUT2D eigenvalue weighted by Crippen LogP contribution is 2.22. The number of ether oxygens (including phenoxy) is 1. The number of nitrogens with one attached hydrogen (secondary N) is 1. The van der Waals surface area contributed by atoms with Crippen molar-refractivity contribution in [3.63, 3.8) is 0 Å². The van der Waals surface area contributed by atoms with E-state index in [1.807, 2.05) is 72.1 Å². The lowest BCUT2D eigenvalue weighted by Gasteiger charge is -2.07. The lowest BCUT2D eigenvalue weighted by atomic mass is 10.1. The number of carbonyl (C=O) groups is 2. The van der Waals surface area contributed by atoms with E-state index in [0.29, 0.717) is 17.4 Å². The van der Waals surface area contributed by atoms with E-state index >= 15 is 0 Å². The molecule has 0 radical (unpaired) electrons. The quantitative estimate of drug-likeness (QED) is 0.409. The highest BCUT2D eigenvalue weighted by molar-refractivity contribution is 7.13. The number of esters is 1. The number of anilines is 1. The fourth-order valence-corrected chi connectivity index (χ4v) is 3.51. The number of nitrogens with zero attached hydrogens (tertiary/aromatic N) is 2. The van der Waals surface area contributed by atoms with Crippen molar-refractivity contribution in [1.29, 1.82) is 0 Å². The molecule has 156 valence electrons. The third kappa shape index (κ3) is 5.64. The normalized spacial score (nSPS) is 10.6. The molecule has 2 aromatic heterocycles. The predicted octanol–water partition coefficient (Wildman–Crippen LogP) is 4.58. The summed E-state index contributed by atoms with van der Waals surface area (Å²) in [4.78, 5) is 29.1. The van der Waals surface area contributed by atoms with Crippen LogP contribution in [0.15, 0.2) is 76.6 Å². The summed E-state index contributed by atoms with van der Waals surface area (Å²) in [5.41, 5.74) is 2.78. The molecule has 31 heavy (non-hydrogen) atoms. The van der Waals surface area contributed by atoms with Crippen LogP contribution in [-0.2, 0) is 20.7 Å². The van der Waals surface area contributed by atoms with Gasteiger partial charge in [-0.2, -0.15) is 4.98 Å². The Morgan fingerprint density at radius 1 is 0.968 bits per heavy atom. The molecule has 0 aliphatic heterocycles. The number of aryl methyl sites for hydroxylation is 1. The zero-order valence-corrected chi connectivity index (χ0v) is 17.3. The fourth-order valence-electron chi connectivity index (χ4n) is 2.86. The van der Waals surface area contributed by atoms with Crippen molar-refractivity contribution in [2.75, 3.05) is 11.9 Å². The van der Waals surface area contributed by atoms with Gasteiger partial charge in [0.05, 0.1) is 11.3 Å². The second kappa shape index (κ2) is 9.82. The van der Waals surface area contributed by atoms with Crippen molar-refractivity contribution in [2.45, 2.75) is 12.8 Å². The van der Waals surface area contributed by atoms with Crippen molar-refractivity contribution in [3.8, 4) is 21.8 Å². The van der Waals surface area contributed by atoms with Crippen LogP contribution in [0.3, 0.4) is 0 Å². The van der Waals surface area contributed by atoms with E-state index < -0.39 is 11.9 Å². The molecule has 0 fully saturated rings. The fraction of sp³-hybridized carbons (Fsp3) is 0.130. The standard InChI is InChI=1S/C23H19N3O4S/c27-20(24-18-10-8-17(9-11-18)16-5-2-1-3-6-16)15-29-22(28)13-12-21-25-23(26-30-21)19-7-4-14-31-19/h1-11,14H,12-13,15H2,(H,24,27). The van der Waals surface area contributed by atoms with Gasteiger partial charge < -0.3 is 14.6 Å². The van der Waals surface area contributed by atoms with Gasteiger partial charge in [-0.15, -0.1) is 11.3 Å². The molecule has 0 saturated heterocycles. The average molecular weight is 433 g/mol. The molecule has 1 N–H and O–H groups in total. The maximum atomic E-state index is 12.1. The molecule has 1 amide bonds. The monoisotopic (exact) mass is 433 g/mol. The smallest absolute Gasteiger partial charge is 0.306 e. The topological polar surface area (TPSA) is 94.3 Å². The van der Waals surface area contributed by atoms with Gasteiger partial charge in [0, 0.05) is 12.1 Å². The van der Waals surface area contributed by atoms with Crippen LogP contribution in [0.4, 0.5) is 5.69 Å². The molecule has 8 heteroatoms. The summed E-state index contributed by atoms with van der Waals surface area (Å²) in [5, 5.41) is 8.53. The summed E-state index contributed by atoms with van der Waals surface area (Å²) < 4.78 is 10.2. The van der Waals surface area contributed by atoms with Crippen molar-refractivity contribution in [1.82, 2.24) is 10.1 Å². The van der Waals surface area contributed by atoms with Gasteiger partial charge in [0.15, 0.2) is 6.61 Å². The molecule has 0 aliphatic rings. The maximum absolute atomic E-state index is 12.1. The lowest BCUT2D eigenvalue weighted by molar-refractivity contribution is -0.147. The molecule has 2 aromatic carbocycles. The Morgan fingerprint density at radius 2 is 1.74 bits per heavy atom. The van der Waals surface area contributed by atoms with Crippen LogP contribution in [0.2, 0.25) is 0 Å². The molecule has 2 heterocycles. The predicted molar refractivity (Wildman–Crippen MR) is 117 cm³/mol. The Bertz CT molecular complexity index is 1140. The molecular formula is C23H19N3O4S. The number of rotatable bonds is 8. The Kier molecular flexibility index (Phi) is 6.49. The van der Waals surface area contributed by atoms with Gasteiger partial charge in [0.25, 0.3) is 5.91 Å². The van der Waals surface area contributed by atoms with E-state index in [1.54, 1.807) is 0 Å². The Balaban J connectivity index is 1.20. The second-order valence-corrected chi connectivity index (χ2v) is 7.59. The highest BCUT2D eigenvalue weighted by atomic mass is 32.1. The third-order valence-electron chi connectivity index (χ3n) is 4.39. The molecule has 4 rings (SSSR count). The van der Waals surface area contributed by atoms with Gasteiger partial charge in [-0.3, -0.25) is 9.59 Å². The van der Waals surface area contributed by atoms with E-state index in [9.17, 15) is 9.59 Å². The number of hydrogen-bond donors (Lipinski definition) is 1. The van der Waals surface area contributed by atoms with Crippen LogP contribution in [0.1, 0.15) is 12.3 Å². The third-order valence-corrected chi connectivity index (χ3v) is 5.26. The minimum atomic E-state index is -0.509. The van der Waals surface area contributed by atoms with E-state index in [-0.39, 0.29) is 19.4 Å². The van der Waals surface area contributed by atoms with Crippen molar-refractivity contribution in [2.24, 2.45) is 0 Å². The summed E-state index contributed by atoms with van der Waals surface area (Å²) in [7, 11) is 0. The van der Waals surface area contributed by atoms with Crippen LogP contribution in [0.25, 0.3) is 21.8 Å². The molecule has 0 spiro atoms. The first-order valence-corrected chi connectivity index (χ1v) is 10.5. The summed E-state index contributed by atoms with van der Waals surface area (Å²) >= 11 is 1.50. The van der Waals surface area contributed by atoms with Gasteiger partial charge >= 0.3 is 5.97 Å². The number of thiophene rings is 1. The first-order valence-electron chi connectivity index (χ1n) is 9.65. The molecule has 0 bridgehead atoms. The second-order valence-electron chi connectivity index (χ2n) is 6.64. The van der Waals surface area contributed by atoms with E-state index in [1.165, 1.54) is 11.3 Å². The maximum Gasteiger partial charge on any atom is 0.306 e. The lowest BCUT2D eigenvalue weighted by Crippen LogP contribution is -2.21. The molecule has 7 nitrogen and oxygen atoms in total. The van der Waals surface area contributed by atoms with Gasteiger partial charge in [-0.1, -0.05) is 53.7 Å². The Labute approximate surface area is 182 Å². The van der Waals surface area contributed by atoms with E-state index in [0.717, 1.165) is 16.0 Å². The minimum absolute atomic E-state index is 0.0468. The van der Waals surface area contributed by atoms with Crippen molar-refractivity contribution < 1.29 is 18.8 Å². The average Bonchev–Trinajstić information content (AvgIpc) is 3.49. The zero-order valence-electron chi connectivity index (χ0n) is 16.5. The largest absolute Gasteiger partial charge is 0.456 e. The molecule has 0 aliphatic carbocycles.